The SMILES string of the molecule is CCCn1c(-c2cccc(OC)c2)ccc(CC#N)c1=O. The lowest BCUT2D eigenvalue weighted by Gasteiger charge is -2.14. The van der Waals surface area contributed by atoms with E-state index in [9.17, 15) is 4.79 Å². The minimum absolute atomic E-state index is 0.0845. The predicted octanol–water partition coefficient (Wildman–Crippen LogP) is 3.00. The number of hydrogen-bond acceptors (Lipinski definition) is 3. The predicted molar refractivity (Wildman–Crippen MR) is 82.3 cm³/mol. The fraction of sp³-hybridized carbons (Fsp3) is 0.294. The average molecular weight is 282 g/mol. The summed E-state index contributed by atoms with van der Waals surface area (Å²) < 4.78 is 6.98. The van der Waals surface area contributed by atoms with Gasteiger partial charge in [-0.1, -0.05) is 25.1 Å². The highest BCUT2D eigenvalue weighted by molar-refractivity contribution is 5.62. The van der Waals surface area contributed by atoms with E-state index in [1.54, 1.807) is 17.7 Å². The second-order valence-electron chi connectivity index (χ2n) is 4.77. The molecule has 1 aromatic carbocycles. The standard InChI is InChI=1S/C17H18N2O2/c1-3-11-19-16(8-7-13(9-10-18)17(19)20)14-5-4-6-15(12-14)21-2/h4-8,12H,3,9,11H2,1-2H3. The third-order valence-electron chi connectivity index (χ3n) is 3.34. The minimum atomic E-state index is -0.0845. The van der Waals surface area contributed by atoms with E-state index in [2.05, 4.69) is 0 Å². The number of ether oxygens (including phenoxy) is 1. The highest BCUT2D eigenvalue weighted by atomic mass is 16.5. The van der Waals surface area contributed by atoms with Crippen LogP contribution in [0.2, 0.25) is 0 Å². The smallest absolute Gasteiger partial charge is 0.255 e. The van der Waals surface area contributed by atoms with Gasteiger partial charge in [-0.25, -0.2) is 0 Å². The molecule has 21 heavy (non-hydrogen) atoms. The number of pyridine rings is 1. The van der Waals surface area contributed by atoms with Crippen LogP contribution >= 0.6 is 0 Å². The van der Waals surface area contributed by atoms with Gasteiger partial charge in [-0.15, -0.1) is 0 Å². The van der Waals surface area contributed by atoms with Crippen molar-refractivity contribution >= 4 is 0 Å². The molecule has 0 radical (unpaired) electrons. The van der Waals surface area contributed by atoms with Crippen molar-refractivity contribution in [2.24, 2.45) is 0 Å². The van der Waals surface area contributed by atoms with Gasteiger partial charge in [0.1, 0.15) is 5.75 Å². The Balaban J connectivity index is 2.60. The van der Waals surface area contributed by atoms with E-state index in [1.165, 1.54) is 0 Å². The molecule has 0 aliphatic rings. The summed E-state index contributed by atoms with van der Waals surface area (Å²) in [4.78, 5) is 12.5. The Morgan fingerprint density at radius 3 is 2.76 bits per heavy atom. The zero-order valence-corrected chi connectivity index (χ0v) is 12.3. The van der Waals surface area contributed by atoms with Crippen molar-refractivity contribution in [2.45, 2.75) is 26.3 Å². The molecule has 0 aliphatic heterocycles. The fourth-order valence-corrected chi connectivity index (χ4v) is 2.32. The Hall–Kier alpha value is -2.54. The Morgan fingerprint density at radius 2 is 2.10 bits per heavy atom. The van der Waals surface area contributed by atoms with Crippen LogP contribution in [0.1, 0.15) is 18.9 Å². The summed E-state index contributed by atoms with van der Waals surface area (Å²) in [5.74, 6) is 0.754. The molecule has 0 bridgehead atoms. The lowest BCUT2D eigenvalue weighted by molar-refractivity contribution is 0.415. The number of rotatable bonds is 5. The molecule has 0 fully saturated rings. The molecular weight excluding hydrogens is 264 g/mol. The number of aromatic nitrogens is 1. The first-order valence-corrected chi connectivity index (χ1v) is 6.95. The topological polar surface area (TPSA) is 55.0 Å². The van der Waals surface area contributed by atoms with Gasteiger partial charge in [0.25, 0.3) is 5.56 Å². The number of nitrogens with zero attached hydrogens (tertiary/aromatic N) is 2. The summed E-state index contributed by atoms with van der Waals surface area (Å²) in [5, 5.41) is 8.80. The third kappa shape index (κ3) is 3.14. The van der Waals surface area contributed by atoms with Crippen molar-refractivity contribution in [3.8, 4) is 23.1 Å². The lowest BCUT2D eigenvalue weighted by Crippen LogP contribution is -2.24. The first kappa shape index (κ1) is 14.9. The van der Waals surface area contributed by atoms with Crippen molar-refractivity contribution < 1.29 is 4.74 Å². The van der Waals surface area contributed by atoms with Crippen LogP contribution in [0.15, 0.2) is 41.2 Å². The molecule has 1 heterocycles. The quantitative estimate of drug-likeness (QED) is 0.847. The van der Waals surface area contributed by atoms with Gasteiger partial charge >= 0.3 is 0 Å². The second kappa shape index (κ2) is 6.76. The van der Waals surface area contributed by atoms with Crippen molar-refractivity contribution in [1.29, 1.82) is 5.26 Å². The maximum Gasteiger partial charge on any atom is 0.255 e. The van der Waals surface area contributed by atoms with Gasteiger partial charge in [0.05, 0.1) is 25.3 Å². The van der Waals surface area contributed by atoms with E-state index in [4.69, 9.17) is 10.00 Å². The summed E-state index contributed by atoms with van der Waals surface area (Å²) in [6.45, 7) is 2.66. The molecule has 4 heteroatoms. The van der Waals surface area contributed by atoms with E-state index in [-0.39, 0.29) is 12.0 Å². The van der Waals surface area contributed by atoms with Crippen LogP contribution in [0, 0.1) is 11.3 Å². The molecule has 2 aromatic rings. The number of nitriles is 1. The molecule has 0 unspecified atom stereocenters. The Kier molecular flexibility index (Phi) is 4.78. The van der Waals surface area contributed by atoms with E-state index < -0.39 is 0 Å². The van der Waals surface area contributed by atoms with Crippen molar-refractivity contribution in [1.82, 2.24) is 4.57 Å². The normalized spacial score (nSPS) is 10.1. The second-order valence-corrected chi connectivity index (χ2v) is 4.77. The van der Waals surface area contributed by atoms with Crippen molar-refractivity contribution in [3.05, 3.63) is 52.3 Å². The highest BCUT2D eigenvalue weighted by Gasteiger charge is 2.10. The Bertz CT molecular complexity index is 726. The lowest BCUT2D eigenvalue weighted by atomic mass is 10.1. The Labute approximate surface area is 124 Å². The van der Waals surface area contributed by atoms with Crippen LogP contribution in [0.5, 0.6) is 5.75 Å². The summed E-state index contributed by atoms with van der Waals surface area (Å²) in [7, 11) is 1.62. The van der Waals surface area contributed by atoms with E-state index >= 15 is 0 Å². The van der Waals surface area contributed by atoms with Crippen LogP contribution in [-0.4, -0.2) is 11.7 Å². The van der Waals surface area contributed by atoms with Gasteiger partial charge in [0, 0.05) is 17.7 Å². The van der Waals surface area contributed by atoms with Gasteiger partial charge in [-0.2, -0.15) is 5.26 Å². The van der Waals surface area contributed by atoms with Gasteiger partial charge < -0.3 is 9.30 Å². The maximum absolute atomic E-state index is 12.5. The molecule has 0 spiro atoms. The third-order valence-corrected chi connectivity index (χ3v) is 3.34. The van der Waals surface area contributed by atoms with Gasteiger partial charge in [-0.3, -0.25) is 4.79 Å². The van der Waals surface area contributed by atoms with Gasteiger partial charge in [0.15, 0.2) is 0 Å². The molecule has 0 aliphatic carbocycles. The molecule has 1 aromatic heterocycles. The largest absolute Gasteiger partial charge is 0.497 e. The van der Waals surface area contributed by atoms with Gasteiger partial charge in [-0.05, 0) is 24.6 Å². The number of benzene rings is 1. The fourth-order valence-electron chi connectivity index (χ4n) is 2.32. The molecule has 0 saturated heterocycles. The molecular formula is C17H18N2O2. The number of hydrogen-bond donors (Lipinski definition) is 0. The van der Waals surface area contributed by atoms with Crippen LogP contribution in [0.3, 0.4) is 0 Å². The molecule has 0 N–H and O–H groups in total. The molecule has 2 rings (SSSR count). The van der Waals surface area contributed by atoms with Crippen LogP contribution < -0.4 is 10.3 Å². The van der Waals surface area contributed by atoms with Crippen LogP contribution in [0.4, 0.5) is 0 Å². The summed E-state index contributed by atoms with van der Waals surface area (Å²) in [6.07, 6.45) is 0.994. The highest BCUT2D eigenvalue weighted by Crippen LogP contribution is 2.23. The summed E-state index contributed by atoms with van der Waals surface area (Å²) in [6, 6.07) is 13.3. The summed E-state index contributed by atoms with van der Waals surface area (Å²) in [5.41, 5.74) is 2.24. The zero-order chi connectivity index (χ0) is 15.2. The van der Waals surface area contributed by atoms with Crippen molar-refractivity contribution in [2.75, 3.05) is 7.11 Å². The molecule has 0 amide bonds. The Morgan fingerprint density at radius 1 is 1.29 bits per heavy atom. The summed E-state index contributed by atoms with van der Waals surface area (Å²) >= 11 is 0. The molecule has 108 valence electrons. The first-order valence-electron chi connectivity index (χ1n) is 6.95. The van der Waals surface area contributed by atoms with E-state index in [1.807, 2.05) is 43.3 Å². The van der Waals surface area contributed by atoms with Crippen LogP contribution in [-0.2, 0) is 13.0 Å². The van der Waals surface area contributed by atoms with Crippen LogP contribution in [0.25, 0.3) is 11.3 Å². The minimum Gasteiger partial charge on any atom is -0.497 e. The maximum atomic E-state index is 12.5. The first-order chi connectivity index (χ1) is 10.2. The van der Waals surface area contributed by atoms with Gasteiger partial charge in [0.2, 0.25) is 0 Å². The van der Waals surface area contributed by atoms with E-state index in [0.717, 1.165) is 23.4 Å². The monoisotopic (exact) mass is 282 g/mol. The van der Waals surface area contributed by atoms with E-state index in [0.29, 0.717) is 12.1 Å². The number of methoxy groups -OCH3 is 1. The average Bonchev–Trinajstić information content (AvgIpc) is 2.52. The molecule has 0 atom stereocenters. The molecule has 4 nitrogen and oxygen atoms in total. The zero-order valence-electron chi connectivity index (χ0n) is 12.3. The molecule has 0 saturated carbocycles. The van der Waals surface area contributed by atoms with Crippen molar-refractivity contribution in [3.63, 3.8) is 0 Å².